The monoisotopic (exact) mass is 456 g/mol. The molecule has 1 N–H and O–H groups in total. The number of hydrogen-bond donors (Lipinski definition) is 1. The van der Waals surface area contributed by atoms with Gasteiger partial charge in [0.2, 0.25) is 0 Å². The second kappa shape index (κ2) is 9.95. The maximum Gasteiger partial charge on any atom is 0.416 e. The van der Waals surface area contributed by atoms with Crippen LogP contribution in [0.15, 0.2) is 72.8 Å². The van der Waals surface area contributed by atoms with Gasteiger partial charge in [0, 0.05) is 18.7 Å². The Bertz CT molecular complexity index is 1100. The van der Waals surface area contributed by atoms with E-state index in [9.17, 15) is 18.0 Å². The maximum absolute atomic E-state index is 13.3. The molecule has 0 aliphatic carbocycles. The van der Waals surface area contributed by atoms with Gasteiger partial charge in [0.05, 0.1) is 30.2 Å². The molecule has 5 nitrogen and oxygen atoms in total. The molecule has 0 spiro atoms. The quantitative estimate of drug-likeness (QED) is 0.542. The summed E-state index contributed by atoms with van der Waals surface area (Å²) < 4.78 is 51.1. The van der Waals surface area contributed by atoms with Crippen molar-refractivity contribution >= 4 is 17.3 Å². The van der Waals surface area contributed by atoms with Crippen molar-refractivity contribution in [2.24, 2.45) is 0 Å². The van der Waals surface area contributed by atoms with Gasteiger partial charge in [-0.3, -0.25) is 4.79 Å². The van der Waals surface area contributed by atoms with Crippen molar-refractivity contribution in [2.75, 3.05) is 36.5 Å². The first-order chi connectivity index (χ1) is 15.9. The zero-order valence-electron chi connectivity index (χ0n) is 17.8. The number of nitrogens with one attached hydrogen (secondary N) is 1. The first-order valence-corrected chi connectivity index (χ1v) is 10.5. The van der Waals surface area contributed by atoms with Crippen LogP contribution in [0.3, 0.4) is 0 Å². The molecule has 3 aromatic carbocycles. The minimum absolute atomic E-state index is 0.104. The van der Waals surface area contributed by atoms with Gasteiger partial charge in [-0.1, -0.05) is 36.4 Å². The van der Waals surface area contributed by atoms with E-state index in [0.29, 0.717) is 44.3 Å². The third-order valence-electron chi connectivity index (χ3n) is 5.27. The standard InChI is InChI=1S/C25H23F3N2O3/c26-25(27,28)20-9-10-23(30-11-13-32-14-12-30)22(16-20)29-24(31)19-7-4-8-21(15-19)33-17-18-5-2-1-3-6-18/h1-10,15-16H,11-14,17H2,(H,29,31). The molecule has 33 heavy (non-hydrogen) atoms. The number of benzene rings is 3. The fourth-order valence-corrected chi connectivity index (χ4v) is 3.56. The number of amides is 1. The van der Waals surface area contributed by atoms with Crippen molar-refractivity contribution in [3.63, 3.8) is 0 Å². The van der Waals surface area contributed by atoms with Crippen LogP contribution in [0.4, 0.5) is 24.5 Å². The fraction of sp³-hybridized carbons (Fsp3) is 0.240. The number of morpholine rings is 1. The van der Waals surface area contributed by atoms with E-state index < -0.39 is 17.6 Å². The van der Waals surface area contributed by atoms with Crippen LogP contribution in [0.5, 0.6) is 5.75 Å². The molecular weight excluding hydrogens is 433 g/mol. The highest BCUT2D eigenvalue weighted by Gasteiger charge is 2.32. The highest BCUT2D eigenvalue weighted by atomic mass is 19.4. The van der Waals surface area contributed by atoms with Crippen molar-refractivity contribution in [1.82, 2.24) is 0 Å². The summed E-state index contributed by atoms with van der Waals surface area (Å²) in [6.45, 7) is 2.32. The molecule has 0 radical (unpaired) electrons. The highest BCUT2D eigenvalue weighted by Crippen LogP contribution is 2.36. The molecule has 4 rings (SSSR count). The van der Waals surface area contributed by atoms with E-state index in [1.165, 1.54) is 6.07 Å². The molecule has 8 heteroatoms. The molecule has 0 bridgehead atoms. The number of carbonyl (C=O) groups excluding carboxylic acids is 1. The van der Waals surface area contributed by atoms with Crippen molar-refractivity contribution in [2.45, 2.75) is 12.8 Å². The van der Waals surface area contributed by atoms with Crippen LogP contribution in [0.25, 0.3) is 0 Å². The number of halogens is 3. The lowest BCUT2D eigenvalue weighted by Crippen LogP contribution is -2.36. The molecule has 172 valence electrons. The molecule has 1 fully saturated rings. The summed E-state index contributed by atoms with van der Waals surface area (Å²) in [5.41, 5.74) is 1.07. The zero-order valence-corrected chi connectivity index (χ0v) is 17.8. The lowest BCUT2D eigenvalue weighted by atomic mass is 10.1. The Balaban J connectivity index is 1.54. The fourth-order valence-electron chi connectivity index (χ4n) is 3.56. The average Bonchev–Trinajstić information content (AvgIpc) is 2.83. The number of ether oxygens (including phenoxy) is 2. The number of anilines is 2. The number of alkyl halides is 3. The first kappa shape index (κ1) is 22.7. The highest BCUT2D eigenvalue weighted by molar-refractivity contribution is 6.06. The largest absolute Gasteiger partial charge is 0.489 e. The first-order valence-electron chi connectivity index (χ1n) is 10.5. The molecule has 1 aliphatic rings. The van der Waals surface area contributed by atoms with Crippen LogP contribution < -0.4 is 15.0 Å². The molecule has 1 saturated heterocycles. The molecule has 0 aromatic heterocycles. The predicted octanol–water partition coefficient (Wildman–Crippen LogP) is 5.37. The van der Waals surface area contributed by atoms with Crippen molar-refractivity contribution in [3.8, 4) is 5.75 Å². The normalized spacial score (nSPS) is 14.1. The van der Waals surface area contributed by atoms with Gasteiger partial charge in [-0.25, -0.2) is 0 Å². The third kappa shape index (κ3) is 5.84. The Morgan fingerprint density at radius 3 is 2.45 bits per heavy atom. The van der Waals surface area contributed by atoms with Crippen LogP contribution >= 0.6 is 0 Å². The number of hydrogen-bond acceptors (Lipinski definition) is 4. The number of rotatable bonds is 6. The summed E-state index contributed by atoms with van der Waals surface area (Å²) in [6, 6.07) is 19.5. The van der Waals surface area contributed by atoms with Gasteiger partial charge in [0.15, 0.2) is 0 Å². The van der Waals surface area contributed by atoms with Crippen LogP contribution in [0, 0.1) is 0 Å². The van der Waals surface area contributed by atoms with Gasteiger partial charge in [0.1, 0.15) is 12.4 Å². The van der Waals surface area contributed by atoms with E-state index in [-0.39, 0.29) is 11.3 Å². The van der Waals surface area contributed by atoms with Crippen molar-refractivity contribution < 1.29 is 27.4 Å². The lowest BCUT2D eigenvalue weighted by Gasteiger charge is -2.31. The van der Waals surface area contributed by atoms with E-state index in [1.54, 1.807) is 24.3 Å². The smallest absolute Gasteiger partial charge is 0.416 e. The third-order valence-corrected chi connectivity index (χ3v) is 5.27. The molecule has 3 aromatic rings. The van der Waals surface area contributed by atoms with Gasteiger partial charge < -0.3 is 19.7 Å². The SMILES string of the molecule is O=C(Nc1cc(C(F)(F)F)ccc1N1CCOCC1)c1cccc(OCc2ccccc2)c1. The summed E-state index contributed by atoms with van der Waals surface area (Å²) in [6.07, 6.45) is -4.52. The van der Waals surface area contributed by atoms with Crippen LogP contribution in [-0.4, -0.2) is 32.2 Å². The summed E-state index contributed by atoms with van der Waals surface area (Å²) in [4.78, 5) is 14.8. The van der Waals surface area contributed by atoms with Crippen molar-refractivity contribution in [3.05, 3.63) is 89.5 Å². The second-order valence-corrected chi connectivity index (χ2v) is 7.59. The molecule has 1 amide bonds. The zero-order chi connectivity index (χ0) is 23.3. The van der Waals surface area contributed by atoms with E-state index in [1.807, 2.05) is 35.2 Å². The van der Waals surface area contributed by atoms with Crippen LogP contribution in [0.2, 0.25) is 0 Å². The molecule has 0 unspecified atom stereocenters. The van der Waals surface area contributed by atoms with Gasteiger partial charge in [0.25, 0.3) is 5.91 Å². The van der Waals surface area contributed by atoms with E-state index >= 15 is 0 Å². The molecule has 0 saturated carbocycles. The summed E-state index contributed by atoms with van der Waals surface area (Å²) >= 11 is 0. The Hall–Kier alpha value is -3.52. The Morgan fingerprint density at radius 2 is 1.73 bits per heavy atom. The van der Waals surface area contributed by atoms with Gasteiger partial charge in [-0.2, -0.15) is 13.2 Å². The van der Waals surface area contributed by atoms with E-state index in [2.05, 4.69) is 5.32 Å². The number of carbonyl (C=O) groups is 1. The molecule has 0 atom stereocenters. The molecule has 1 aliphatic heterocycles. The predicted molar refractivity (Wildman–Crippen MR) is 120 cm³/mol. The molecule has 1 heterocycles. The van der Waals surface area contributed by atoms with Gasteiger partial charge >= 0.3 is 6.18 Å². The Morgan fingerprint density at radius 1 is 0.970 bits per heavy atom. The summed E-state index contributed by atoms with van der Waals surface area (Å²) in [5.74, 6) is -0.0297. The van der Waals surface area contributed by atoms with E-state index in [0.717, 1.165) is 17.7 Å². The average molecular weight is 456 g/mol. The minimum Gasteiger partial charge on any atom is -0.489 e. The molecular formula is C25H23F3N2O3. The second-order valence-electron chi connectivity index (χ2n) is 7.59. The van der Waals surface area contributed by atoms with Gasteiger partial charge in [-0.05, 0) is 42.0 Å². The topological polar surface area (TPSA) is 50.8 Å². The van der Waals surface area contributed by atoms with E-state index in [4.69, 9.17) is 9.47 Å². The Labute approximate surface area is 189 Å². The summed E-state index contributed by atoms with van der Waals surface area (Å²) in [7, 11) is 0. The van der Waals surface area contributed by atoms with Gasteiger partial charge in [-0.15, -0.1) is 0 Å². The maximum atomic E-state index is 13.3. The van der Waals surface area contributed by atoms with Crippen LogP contribution in [-0.2, 0) is 17.5 Å². The summed E-state index contributed by atoms with van der Waals surface area (Å²) in [5, 5.41) is 2.66. The van der Waals surface area contributed by atoms with Crippen molar-refractivity contribution in [1.29, 1.82) is 0 Å². The Kier molecular flexibility index (Phi) is 6.84. The number of nitrogens with zero attached hydrogens (tertiary/aromatic N) is 1. The van der Waals surface area contributed by atoms with Crippen LogP contribution in [0.1, 0.15) is 21.5 Å². The lowest BCUT2D eigenvalue weighted by molar-refractivity contribution is -0.137. The minimum atomic E-state index is -4.52.